The summed E-state index contributed by atoms with van der Waals surface area (Å²) in [7, 11) is 1.81. The first-order valence-corrected chi connectivity index (χ1v) is 6.49. The summed E-state index contributed by atoms with van der Waals surface area (Å²) in [6, 6.07) is -0.294. The molecule has 2 aliphatic rings. The molecule has 2 amide bonds. The van der Waals surface area contributed by atoms with Crippen molar-refractivity contribution in [1.29, 1.82) is 0 Å². The summed E-state index contributed by atoms with van der Waals surface area (Å²) in [5.74, 6) is 0.425. The third kappa shape index (κ3) is 3.43. The van der Waals surface area contributed by atoms with Crippen molar-refractivity contribution in [1.82, 2.24) is 15.5 Å². The van der Waals surface area contributed by atoms with Gasteiger partial charge >= 0.3 is 0 Å². The zero-order valence-corrected chi connectivity index (χ0v) is 10.8. The summed E-state index contributed by atoms with van der Waals surface area (Å²) in [5, 5.41) is 5.65. The lowest BCUT2D eigenvalue weighted by Crippen LogP contribution is -2.58. The highest BCUT2D eigenvalue weighted by atomic mass is 16.5. The van der Waals surface area contributed by atoms with Gasteiger partial charge in [0.05, 0.1) is 13.2 Å². The Bertz CT molecular complexity index is 306. The number of hydrogen-bond acceptors (Lipinski definition) is 4. The molecule has 0 bridgehead atoms. The first kappa shape index (κ1) is 13.3. The van der Waals surface area contributed by atoms with Crippen LogP contribution in [0.4, 0.5) is 0 Å². The SMILES string of the molecule is CN(CC1CCCOC1)C(=O)C1CNC(=O)CN1. The van der Waals surface area contributed by atoms with Gasteiger partial charge in [-0.15, -0.1) is 0 Å². The lowest BCUT2D eigenvalue weighted by atomic mass is 10.0. The van der Waals surface area contributed by atoms with Crippen molar-refractivity contribution in [3.63, 3.8) is 0 Å². The van der Waals surface area contributed by atoms with E-state index in [0.29, 0.717) is 12.5 Å². The van der Waals surface area contributed by atoms with E-state index in [2.05, 4.69) is 10.6 Å². The Morgan fingerprint density at radius 2 is 2.39 bits per heavy atom. The average Bonchev–Trinajstić information content (AvgIpc) is 2.40. The lowest BCUT2D eigenvalue weighted by Gasteiger charge is -2.31. The summed E-state index contributed by atoms with van der Waals surface area (Å²) in [6.07, 6.45) is 2.19. The lowest BCUT2D eigenvalue weighted by molar-refractivity contribution is -0.134. The van der Waals surface area contributed by atoms with Crippen LogP contribution in [0.5, 0.6) is 0 Å². The van der Waals surface area contributed by atoms with Crippen molar-refractivity contribution in [2.75, 3.05) is 39.9 Å². The molecule has 0 spiro atoms. The van der Waals surface area contributed by atoms with Gasteiger partial charge in [0.15, 0.2) is 0 Å². The zero-order chi connectivity index (χ0) is 13.0. The average molecular weight is 255 g/mol. The molecular weight excluding hydrogens is 234 g/mol. The maximum atomic E-state index is 12.1. The molecule has 0 radical (unpaired) electrons. The van der Waals surface area contributed by atoms with Crippen LogP contribution in [0.15, 0.2) is 0 Å². The van der Waals surface area contributed by atoms with Gasteiger partial charge in [0.25, 0.3) is 0 Å². The minimum absolute atomic E-state index is 0.0422. The van der Waals surface area contributed by atoms with Gasteiger partial charge in [-0.25, -0.2) is 0 Å². The minimum Gasteiger partial charge on any atom is -0.381 e. The summed E-state index contributed by atoms with van der Waals surface area (Å²) >= 11 is 0. The Kier molecular flexibility index (Phi) is 4.54. The fourth-order valence-electron chi connectivity index (χ4n) is 2.44. The van der Waals surface area contributed by atoms with Crippen molar-refractivity contribution in [3.05, 3.63) is 0 Å². The maximum absolute atomic E-state index is 12.1. The van der Waals surface area contributed by atoms with E-state index in [1.807, 2.05) is 7.05 Å². The van der Waals surface area contributed by atoms with Crippen LogP contribution in [-0.2, 0) is 14.3 Å². The van der Waals surface area contributed by atoms with Gasteiger partial charge in [-0.3, -0.25) is 14.9 Å². The van der Waals surface area contributed by atoms with Gasteiger partial charge in [0.1, 0.15) is 6.04 Å². The molecule has 2 fully saturated rings. The maximum Gasteiger partial charge on any atom is 0.241 e. The van der Waals surface area contributed by atoms with Crippen LogP contribution in [0.1, 0.15) is 12.8 Å². The molecule has 2 saturated heterocycles. The van der Waals surface area contributed by atoms with Crippen LogP contribution in [0.3, 0.4) is 0 Å². The standard InChI is InChI=1S/C12H21N3O3/c1-15(7-9-3-2-4-18-8-9)12(17)10-5-14-11(16)6-13-10/h9-10,13H,2-8H2,1H3,(H,14,16). The van der Waals surface area contributed by atoms with Gasteiger partial charge in [0.2, 0.25) is 11.8 Å². The molecule has 6 heteroatoms. The highest BCUT2D eigenvalue weighted by Crippen LogP contribution is 2.14. The normalized spacial score (nSPS) is 28.6. The number of ether oxygens (including phenoxy) is 1. The van der Waals surface area contributed by atoms with E-state index in [1.165, 1.54) is 0 Å². The monoisotopic (exact) mass is 255 g/mol. The van der Waals surface area contributed by atoms with Crippen molar-refractivity contribution in [2.24, 2.45) is 5.92 Å². The van der Waals surface area contributed by atoms with E-state index >= 15 is 0 Å². The van der Waals surface area contributed by atoms with E-state index in [9.17, 15) is 9.59 Å². The molecule has 0 aromatic rings. The fraction of sp³-hybridized carbons (Fsp3) is 0.833. The highest BCUT2D eigenvalue weighted by Gasteiger charge is 2.27. The number of likely N-dealkylation sites (N-methyl/N-ethyl adjacent to an activating group) is 1. The molecule has 2 aliphatic heterocycles. The summed E-state index contributed by atoms with van der Waals surface area (Å²) < 4.78 is 5.41. The van der Waals surface area contributed by atoms with Crippen molar-refractivity contribution in [2.45, 2.75) is 18.9 Å². The second kappa shape index (κ2) is 6.15. The van der Waals surface area contributed by atoms with Crippen LogP contribution < -0.4 is 10.6 Å². The van der Waals surface area contributed by atoms with E-state index < -0.39 is 0 Å². The molecule has 0 aromatic carbocycles. The summed E-state index contributed by atoms with van der Waals surface area (Å²) in [6.45, 7) is 2.90. The third-order valence-electron chi connectivity index (χ3n) is 3.47. The van der Waals surface area contributed by atoms with E-state index in [0.717, 1.165) is 32.6 Å². The quantitative estimate of drug-likeness (QED) is 0.676. The van der Waals surface area contributed by atoms with Crippen molar-refractivity contribution < 1.29 is 14.3 Å². The van der Waals surface area contributed by atoms with Gasteiger partial charge < -0.3 is 15.0 Å². The first-order valence-electron chi connectivity index (χ1n) is 6.49. The number of carbonyl (C=O) groups excluding carboxylic acids is 2. The molecule has 2 rings (SSSR count). The van der Waals surface area contributed by atoms with Gasteiger partial charge in [0, 0.05) is 26.7 Å². The van der Waals surface area contributed by atoms with Crippen LogP contribution in [-0.4, -0.2) is 62.7 Å². The number of nitrogens with zero attached hydrogens (tertiary/aromatic N) is 1. The second-order valence-electron chi connectivity index (χ2n) is 5.04. The van der Waals surface area contributed by atoms with Crippen molar-refractivity contribution in [3.8, 4) is 0 Å². The summed E-state index contributed by atoms with van der Waals surface area (Å²) in [5.41, 5.74) is 0. The smallest absolute Gasteiger partial charge is 0.241 e. The minimum atomic E-state index is -0.294. The zero-order valence-electron chi connectivity index (χ0n) is 10.8. The molecule has 18 heavy (non-hydrogen) atoms. The number of nitrogens with one attached hydrogen (secondary N) is 2. The fourth-order valence-corrected chi connectivity index (χ4v) is 2.44. The Hall–Kier alpha value is -1.14. The Morgan fingerprint density at radius 3 is 3.00 bits per heavy atom. The predicted octanol–water partition coefficient (Wildman–Crippen LogP) is -1.04. The summed E-state index contributed by atoms with van der Waals surface area (Å²) in [4.78, 5) is 24.9. The van der Waals surface area contributed by atoms with Gasteiger partial charge in [-0.1, -0.05) is 0 Å². The molecule has 0 aromatic heterocycles. The van der Waals surface area contributed by atoms with Crippen molar-refractivity contribution >= 4 is 11.8 Å². The first-order chi connectivity index (χ1) is 8.66. The number of hydrogen-bond donors (Lipinski definition) is 2. The van der Waals surface area contributed by atoms with Crippen LogP contribution in [0.2, 0.25) is 0 Å². The Balaban J connectivity index is 1.78. The highest BCUT2D eigenvalue weighted by molar-refractivity contribution is 5.86. The Morgan fingerprint density at radius 1 is 1.56 bits per heavy atom. The van der Waals surface area contributed by atoms with E-state index in [1.54, 1.807) is 4.90 Å². The molecule has 0 saturated carbocycles. The molecular formula is C12H21N3O3. The van der Waals surface area contributed by atoms with Gasteiger partial charge in [-0.05, 0) is 18.8 Å². The molecule has 102 valence electrons. The topological polar surface area (TPSA) is 70.7 Å². The molecule has 0 aliphatic carbocycles. The molecule has 2 unspecified atom stereocenters. The van der Waals surface area contributed by atoms with Crippen LogP contribution >= 0.6 is 0 Å². The number of rotatable bonds is 3. The predicted molar refractivity (Wildman–Crippen MR) is 66.0 cm³/mol. The largest absolute Gasteiger partial charge is 0.381 e. The second-order valence-corrected chi connectivity index (χ2v) is 5.04. The third-order valence-corrected chi connectivity index (χ3v) is 3.47. The number of amides is 2. The molecule has 2 heterocycles. The number of piperazine rings is 1. The van der Waals surface area contributed by atoms with E-state index in [4.69, 9.17) is 4.74 Å². The molecule has 2 N–H and O–H groups in total. The van der Waals surface area contributed by atoms with E-state index in [-0.39, 0.29) is 24.4 Å². The van der Waals surface area contributed by atoms with Crippen LogP contribution in [0, 0.1) is 5.92 Å². The van der Waals surface area contributed by atoms with Crippen LogP contribution in [0.25, 0.3) is 0 Å². The Labute approximate surface area is 107 Å². The number of carbonyl (C=O) groups is 2. The van der Waals surface area contributed by atoms with Gasteiger partial charge in [-0.2, -0.15) is 0 Å². The molecule has 6 nitrogen and oxygen atoms in total. The molecule has 2 atom stereocenters.